The average Bonchev–Trinajstić information content (AvgIpc) is 3.28. The van der Waals surface area contributed by atoms with Crippen LogP contribution in [0.1, 0.15) is 31.7 Å². The maximum atomic E-state index is 13.3. The lowest BCUT2D eigenvalue weighted by molar-refractivity contribution is -0.135. The zero-order valence-corrected chi connectivity index (χ0v) is 17.7. The molecule has 1 unspecified atom stereocenters. The zero-order chi connectivity index (χ0) is 20.6. The smallest absolute Gasteiger partial charge is 0.239 e. The third kappa shape index (κ3) is 5.92. The van der Waals surface area contributed by atoms with Crippen molar-refractivity contribution in [3.63, 3.8) is 0 Å². The van der Waals surface area contributed by atoms with E-state index in [-0.39, 0.29) is 17.8 Å². The molecule has 0 saturated carbocycles. The fraction of sp³-hybridized carbons (Fsp3) is 0.636. The molecular weight excluding hydrogens is 369 g/mol. The molecule has 1 aromatic rings. The molecule has 3 rings (SSSR count). The molecule has 2 aliphatic heterocycles. The molecule has 2 heterocycles. The summed E-state index contributed by atoms with van der Waals surface area (Å²) in [6, 6.07) is 6.74. The van der Waals surface area contributed by atoms with Crippen LogP contribution in [0.2, 0.25) is 0 Å². The van der Waals surface area contributed by atoms with Crippen molar-refractivity contribution in [2.75, 3.05) is 52.9 Å². The van der Waals surface area contributed by atoms with Gasteiger partial charge in [-0.1, -0.05) is 12.1 Å². The molecule has 0 spiro atoms. The summed E-state index contributed by atoms with van der Waals surface area (Å²) in [5, 5.41) is 3.42. The van der Waals surface area contributed by atoms with Crippen molar-refractivity contribution in [1.29, 1.82) is 0 Å². The van der Waals surface area contributed by atoms with Crippen molar-refractivity contribution >= 4 is 11.9 Å². The van der Waals surface area contributed by atoms with E-state index in [0.29, 0.717) is 0 Å². The standard InChI is InChI=1S/C22H34FN5O/c1-18(21(29)27-11-3-4-12-27)26-13-15-28(16-14-26)22(24-2)25-10-6-8-19-7-5-9-20(23)17-19/h5,7,9,17-18H,3-4,6,8,10-16H2,1-2H3,(H,24,25). The number of benzene rings is 1. The second-order valence-corrected chi connectivity index (χ2v) is 7.94. The van der Waals surface area contributed by atoms with Gasteiger partial charge in [-0.2, -0.15) is 0 Å². The Bertz CT molecular complexity index is 696. The summed E-state index contributed by atoms with van der Waals surface area (Å²) in [5.74, 6) is 1.000. The highest BCUT2D eigenvalue weighted by atomic mass is 19.1. The van der Waals surface area contributed by atoms with Gasteiger partial charge in [0, 0.05) is 52.9 Å². The maximum Gasteiger partial charge on any atom is 0.239 e. The normalized spacial score (nSPS) is 19.5. The predicted octanol–water partition coefficient (Wildman–Crippen LogP) is 1.96. The largest absolute Gasteiger partial charge is 0.356 e. The number of carbonyl (C=O) groups is 1. The summed E-state index contributed by atoms with van der Waals surface area (Å²) in [6.07, 6.45) is 4.02. The lowest BCUT2D eigenvalue weighted by Crippen LogP contribution is -2.57. The van der Waals surface area contributed by atoms with Crippen LogP contribution in [0.4, 0.5) is 4.39 Å². The van der Waals surface area contributed by atoms with Gasteiger partial charge in [-0.05, 0) is 50.3 Å². The first-order chi connectivity index (χ1) is 14.1. The number of amides is 1. The second kappa shape index (κ2) is 10.6. The average molecular weight is 404 g/mol. The lowest BCUT2D eigenvalue weighted by Gasteiger charge is -2.39. The Balaban J connectivity index is 1.39. The number of hydrogen-bond donors (Lipinski definition) is 1. The first-order valence-electron chi connectivity index (χ1n) is 10.8. The van der Waals surface area contributed by atoms with Crippen LogP contribution in [0.25, 0.3) is 0 Å². The van der Waals surface area contributed by atoms with Crippen molar-refractivity contribution in [3.05, 3.63) is 35.6 Å². The van der Waals surface area contributed by atoms with Crippen LogP contribution in [0.3, 0.4) is 0 Å². The highest BCUT2D eigenvalue weighted by Gasteiger charge is 2.30. The minimum atomic E-state index is -0.179. The van der Waals surface area contributed by atoms with E-state index >= 15 is 0 Å². The van der Waals surface area contributed by atoms with E-state index in [1.165, 1.54) is 6.07 Å². The zero-order valence-electron chi connectivity index (χ0n) is 17.7. The van der Waals surface area contributed by atoms with Crippen LogP contribution in [0.15, 0.2) is 29.3 Å². The minimum Gasteiger partial charge on any atom is -0.356 e. The second-order valence-electron chi connectivity index (χ2n) is 7.94. The van der Waals surface area contributed by atoms with Crippen molar-refractivity contribution < 1.29 is 9.18 Å². The van der Waals surface area contributed by atoms with Gasteiger partial charge in [-0.15, -0.1) is 0 Å². The Kier molecular flexibility index (Phi) is 7.86. The number of rotatable bonds is 6. The van der Waals surface area contributed by atoms with Gasteiger partial charge in [0.1, 0.15) is 5.82 Å². The number of guanidine groups is 1. The number of nitrogens with zero attached hydrogens (tertiary/aromatic N) is 4. The summed E-state index contributed by atoms with van der Waals surface area (Å²) in [4.78, 5) is 23.6. The topological polar surface area (TPSA) is 51.2 Å². The van der Waals surface area contributed by atoms with Crippen molar-refractivity contribution in [3.8, 4) is 0 Å². The van der Waals surface area contributed by atoms with E-state index < -0.39 is 0 Å². The van der Waals surface area contributed by atoms with Crippen LogP contribution in [-0.2, 0) is 11.2 Å². The van der Waals surface area contributed by atoms with Crippen LogP contribution in [-0.4, -0.2) is 85.5 Å². The molecule has 0 aromatic heterocycles. The quantitative estimate of drug-likeness (QED) is 0.448. The van der Waals surface area contributed by atoms with E-state index in [4.69, 9.17) is 0 Å². The maximum absolute atomic E-state index is 13.3. The van der Waals surface area contributed by atoms with Crippen molar-refractivity contribution in [2.24, 2.45) is 4.99 Å². The number of nitrogens with one attached hydrogen (secondary N) is 1. The molecule has 0 bridgehead atoms. The number of hydrogen-bond acceptors (Lipinski definition) is 3. The van der Waals surface area contributed by atoms with Gasteiger partial charge in [0.05, 0.1) is 6.04 Å². The van der Waals surface area contributed by atoms with Crippen molar-refractivity contribution in [2.45, 2.75) is 38.6 Å². The number of carbonyl (C=O) groups excluding carboxylic acids is 1. The third-order valence-corrected chi connectivity index (χ3v) is 5.96. The Morgan fingerprint density at radius 2 is 1.86 bits per heavy atom. The molecule has 2 fully saturated rings. The van der Waals surface area contributed by atoms with Crippen LogP contribution < -0.4 is 5.32 Å². The van der Waals surface area contributed by atoms with E-state index in [1.54, 1.807) is 19.2 Å². The molecule has 1 N–H and O–H groups in total. The molecule has 1 aromatic carbocycles. The molecule has 29 heavy (non-hydrogen) atoms. The fourth-order valence-corrected chi connectivity index (χ4v) is 4.20. The molecule has 0 radical (unpaired) electrons. The molecule has 160 valence electrons. The lowest BCUT2D eigenvalue weighted by atomic mass is 10.1. The SMILES string of the molecule is CN=C(NCCCc1cccc(F)c1)N1CCN(C(C)C(=O)N2CCCC2)CC1. The molecule has 7 heteroatoms. The van der Waals surface area contributed by atoms with Gasteiger partial charge in [-0.3, -0.25) is 14.7 Å². The Morgan fingerprint density at radius 3 is 2.52 bits per heavy atom. The summed E-state index contributed by atoms with van der Waals surface area (Å²) in [6.45, 7) is 8.12. The monoisotopic (exact) mass is 403 g/mol. The van der Waals surface area contributed by atoms with Gasteiger partial charge < -0.3 is 15.1 Å². The van der Waals surface area contributed by atoms with E-state index in [2.05, 4.69) is 20.1 Å². The number of aryl methyl sites for hydroxylation is 1. The van der Waals surface area contributed by atoms with Crippen LogP contribution in [0.5, 0.6) is 0 Å². The number of aliphatic imine (C=N–C) groups is 1. The first-order valence-corrected chi connectivity index (χ1v) is 10.8. The molecule has 1 amide bonds. The first kappa shape index (κ1) is 21.6. The van der Waals surface area contributed by atoms with Gasteiger partial charge >= 0.3 is 0 Å². The Morgan fingerprint density at radius 1 is 1.14 bits per heavy atom. The fourth-order valence-electron chi connectivity index (χ4n) is 4.20. The van der Waals surface area contributed by atoms with E-state index in [1.807, 2.05) is 17.9 Å². The Labute approximate surface area is 173 Å². The number of halogens is 1. The van der Waals surface area contributed by atoms with Gasteiger partial charge in [-0.25, -0.2) is 4.39 Å². The van der Waals surface area contributed by atoms with Gasteiger partial charge in [0.15, 0.2) is 5.96 Å². The Hall–Kier alpha value is -2.15. The van der Waals surface area contributed by atoms with Gasteiger partial charge in [0.25, 0.3) is 0 Å². The molecule has 1 atom stereocenters. The molecule has 6 nitrogen and oxygen atoms in total. The van der Waals surface area contributed by atoms with Gasteiger partial charge in [0.2, 0.25) is 5.91 Å². The number of piperazine rings is 1. The molecule has 2 saturated heterocycles. The summed E-state index contributed by atoms with van der Waals surface area (Å²) >= 11 is 0. The third-order valence-electron chi connectivity index (χ3n) is 5.96. The van der Waals surface area contributed by atoms with E-state index in [9.17, 15) is 9.18 Å². The van der Waals surface area contributed by atoms with Crippen LogP contribution >= 0.6 is 0 Å². The molecule has 2 aliphatic rings. The summed E-state index contributed by atoms with van der Waals surface area (Å²) in [7, 11) is 1.81. The van der Waals surface area contributed by atoms with Crippen molar-refractivity contribution in [1.82, 2.24) is 20.0 Å². The predicted molar refractivity (Wildman–Crippen MR) is 115 cm³/mol. The summed E-state index contributed by atoms with van der Waals surface area (Å²) in [5.41, 5.74) is 1.02. The minimum absolute atomic E-state index is 0.0449. The molecular formula is C22H34FN5O. The number of likely N-dealkylation sites (tertiary alicyclic amines) is 1. The highest BCUT2D eigenvalue weighted by Crippen LogP contribution is 2.14. The summed E-state index contributed by atoms with van der Waals surface area (Å²) < 4.78 is 13.3. The molecule has 0 aliphatic carbocycles. The van der Waals surface area contributed by atoms with E-state index in [0.717, 1.165) is 83.0 Å². The van der Waals surface area contributed by atoms with Crippen LogP contribution in [0, 0.1) is 5.82 Å². The highest BCUT2D eigenvalue weighted by molar-refractivity contribution is 5.82.